The van der Waals surface area contributed by atoms with Crippen LogP contribution in [-0.4, -0.2) is 12.6 Å². The van der Waals surface area contributed by atoms with E-state index in [1.165, 1.54) is 0 Å². The van der Waals surface area contributed by atoms with Crippen molar-refractivity contribution in [3.63, 3.8) is 0 Å². The third-order valence-electron chi connectivity index (χ3n) is 0.605. The van der Waals surface area contributed by atoms with E-state index in [0.29, 0.717) is 13.0 Å². The summed E-state index contributed by atoms with van der Waals surface area (Å²) in [6, 6.07) is 0. The second kappa shape index (κ2) is 1.29. The van der Waals surface area contributed by atoms with Crippen LogP contribution in [0.3, 0.4) is 0 Å². The van der Waals surface area contributed by atoms with Crippen LogP contribution in [0.5, 0.6) is 0 Å². The number of hydrogen-bond donors (Lipinski definition) is 0. The van der Waals surface area contributed by atoms with Crippen molar-refractivity contribution in [3.8, 4) is 0 Å². The molecule has 2 nitrogen and oxygen atoms in total. The van der Waals surface area contributed by atoms with Crippen LogP contribution in [0.1, 0.15) is 6.42 Å². The average molecular weight is 84.1 g/mol. The van der Waals surface area contributed by atoms with Gasteiger partial charge in [-0.1, -0.05) is 0 Å². The Balaban J connectivity index is 2.37. The molecule has 2 radical (unpaired) electrons. The molecule has 0 spiro atoms. The molecular weight excluding hydrogens is 80.0 g/mol. The predicted molar refractivity (Wildman–Crippen MR) is 18.8 cm³/mol. The molecule has 0 bridgehead atoms. The molecule has 1 fully saturated rings. The molecular formula is C4H4O2. The number of cyclic esters (lactones) is 1. The Labute approximate surface area is 36.1 Å². The van der Waals surface area contributed by atoms with E-state index in [1.54, 1.807) is 0 Å². The summed E-state index contributed by atoms with van der Waals surface area (Å²) in [6.45, 7) is 0.388. The highest BCUT2D eigenvalue weighted by molar-refractivity contribution is 5.72. The van der Waals surface area contributed by atoms with Crippen molar-refractivity contribution in [3.05, 3.63) is 6.42 Å². The lowest BCUT2D eigenvalue weighted by Gasteiger charge is -1.80. The number of esters is 1. The molecule has 1 aliphatic rings. The van der Waals surface area contributed by atoms with Crippen LogP contribution < -0.4 is 0 Å². The fraction of sp³-hybridized carbons (Fsp3) is 0.500. The zero-order valence-electron chi connectivity index (χ0n) is 3.23. The van der Waals surface area contributed by atoms with Gasteiger partial charge in [0.2, 0.25) is 0 Å². The van der Waals surface area contributed by atoms with Crippen molar-refractivity contribution >= 4 is 5.97 Å². The third kappa shape index (κ3) is 0.506. The molecule has 0 N–H and O–H groups in total. The number of carbonyl (C=O) groups excluding carboxylic acids is 1. The van der Waals surface area contributed by atoms with Crippen LogP contribution in [0.25, 0.3) is 0 Å². The van der Waals surface area contributed by atoms with Gasteiger partial charge in [-0.25, -0.2) is 0 Å². The Morgan fingerprint density at radius 1 is 1.83 bits per heavy atom. The lowest BCUT2D eigenvalue weighted by atomic mass is 10.4. The molecule has 1 saturated heterocycles. The second-order valence-electron chi connectivity index (χ2n) is 1.09. The lowest BCUT2D eigenvalue weighted by Crippen LogP contribution is -1.88. The minimum atomic E-state index is -0.157. The molecule has 1 aliphatic heterocycles. The number of ether oxygens (including phenoxy) is 1. The highest BCUT2D eigenvalue weighted by Gasteiger charge is 2.09. The summed E-state index contributed by atoms with van der Waals surface area (Å²) in [6.07, 6.45) is 3.08. The average Bonchev–Trinajstić information content (AvgIpc) is 1.86. The first kappa shape index (κ1) is 3.65. The van der Waals surface area contributed by atoms with Crippen molar-refractivity contribution in [2.75, 3.05) is 6.61 Å². The maximum Gasteiger partial charge on any atom is 0.306 e. The van der Waals surface area contributed by atoms with Gasteiger partial charge in [-0.15, -0.1) is 0 Å². The summed E-state index contributed by atoms with van der Waals surface area (Å²) >= 11 is 0. The maximum atomic E-state index is 9.96. The van der Waals surface area contributed by atoms with E-state index in [4.69, 9.17) is 0 Å². The predicted octanol–water partition coefficient (Wildman–Crippen LogP) is 0.0146. The second-order valence-corrected chi connectivity index (χ2v) is 1.09. The Bertz CT molecular complexity index is 59.9. The van der Waals surface area contributed by atoms with Crippen LogP contribution in [-0.2, 0) is 9.53 Å². The molecule has 0 aromatic carbocycles. The first-order valence-corrected chi connectivity index (χ1v) is 1.76. The van der Waals surface area contributed by atoms with Gasteiger partial charge in [-0.05, 0) is 0 Å². The minimum Gasteiger partial charge on any atom is -0.465 e. The van der Waals surface area contributed by atoms with E-state index in [2.05, 4.69) is 11.2 Å². The summed E-state index contributed by atoms with van der Waals surface area (Å²) in [4.78, 5) is 9.96. The molecule has 2 heteroatoms. The molecule has 0 aromatic heterocycles. The Morgan fingerprint density at radius 3 is 2.83 bits per heavy atom. The van der Waals surface area contributed by atoms with Crippen molar-refractivity contribution in [1.29, 1.82) is 0 Å². The first-order valence-electron chi connectivity index (χ1n) is 1.76. The standard InChI is InChI=1S/C4H4O2/c5-4-2-1-3-6-4/h2-3H2. The summed E-state index contributed by atoms with van der Waals surface area (Å²) in [5, 5.41) is 0. The van der Waals surface area contributed by atoms with Gasteiger partial charge in [0.15, 0.2) is 0 Å². The van der Waals surface area contributed by atoms with E-state index in [0.717, 1.165) is 0 Å². The van der Waals surface area contributed by atoms with Crippen LogP contribution >= 0.6 is 0 Å². The Morgan fingerprint density at radius 2 is 2.67 bits per heavy atom. The van der Waals surface area contributed by atoms with E-state index >= 15 is 0 Å². The molecule has 0 amide bonds. The van der Waals surface area contributed by atoms with E-state index in [1.807, 2.05) is 0 Å². The van der Waals surface area contributed by atoms with Crippen molar-refractivity contribution in [2.24, 2.45) is 0 Å². The SMILES string of the molecule is O=C1C[C]CO1. The smallest absolute Gasteiger partial charge is 0.306 e. The molecule has 32 valence electrons. The summed E-state index contributed by atoms with van der Waals surface area (Å²) in [7, 11) is 0. The molecule has 0 aromatic rings. The van der Waals surface area contributed by atoms with E-state index < -0.39 is 0 Å². The molecule has 0 atom stereocenters. The zero-order chi connectivity index (χ0) is 4.41. The van der Waals surface area contributed by atoms with Crippen LogP contribution in [0.2, 0.25) is 0 Å². The van der Waals surface area contributed by atoms with E-state index in [-0.39, 0.29) is 5.97 Å². The summed E-state index contributed by atoms with van der Waals surface area (Å²) in [5.74, 6) is -0.157. The van der Waals surface area contributed by atoms with Crippen molar-refractivity contribution < 1.29 is 9.53 Å². The van der Waals surface area contributed by atoms with Crippen molar-refractivity contribution in [1.82, 2.24) is 0 Å². The summed E-state index contributed by atoms with van der Waals surface area (Å²) in [5.41, 5.74) is 0. The van der Waals surface area contributed by atoms with Gasteiger partial charge in [0, 0.05) is 6.42 Å². The zero-order valence-corrected chi connectivity index (χ0v) is 3.23. The third-order valence-corrected chi connectivity index (χ3v) is 0.605. The number of carbonyl (C=O) groups is 1. The van der Waals surface area contributed by atoms with Gasteiger partial charge in [0.05, 0.1) is 13.0 Å². The topological polar surface area (TPSA) is 26.3 Å². The van der Waals surface area contributed by atoms with Crippen LogP contribution in [0, 0.1) is 6.42 Å². The quantitative estimate of drug-likeness (QED) is 0.386. The normalized spacial score (nSPS) is 21.0. The van der Waals surface area contributed by atoms with Gasteiger partial charge in [-0.2, -0.15) is 0 Å². The van der Waals surface area contributed by atoms with Crippen LogP contribution in [0.15, 0.2) is 0 Å². The minimum absolute atomic E-state index is 0.157. The fourth-order valence-corrected chi connectivity index (χ4v) is 0.336. The Hall–Kier alpha value is -0.530. The van der Waals surface area contributed by atoms with Gasteiger partial charge < -0.3 is 4.74 Å². The largest absolute Gasteiger partial charge is 0.465 e. The molecule has 0 saturated carbocycles. The lowest BCUT2D eigenvalue weighted by molar-refractivity contribution is -0.137. The maximum absolute atomic E-state index is 9.96. The number of hydrogen-bond acceptors (Lipinski definition) is 2. The van der Waals surface area contributed by atoms with Crippen LogP contribution in [0.4, 0.5) is 0 Å². The van der Waals surface area contributed by atoms with E-state index in [9.17, 15) is 4.79 Å². The highest BCUT2D eigenvalue weighted by Crippen LogP contribution is 1.99. The fourth-order valence-electron chi connectivity index (χ4n) is 0.336. The summed E-state index contributed by atoms with van der Waals surface area (Å²) < 4.78 is 4.40. The highest BCUT2D eigenvalue weighted by atomic mass is 16.5. The molecule has 0 unspecified atom stereocenters. The van der Waals surface area contributed by atoms with Gasteiger partial charge in [0.1, 0.15) is 0 Å². The molecule has 1 rings (SSSR count). The van der Waals surface area contributed by atoms with Gasteiger partial charge in [0.25, 0.3) is 0 Å². The first-order chi connectivity index (χ1) is 2.89. The Kier molecular flexibility index (Phi) is 0.783. The molecule has 6 heavy (non-hydrogen) atoms. The van der Waals surface area contributed by atoms with Gasteiger partial charge >= 0.3 is 5.97 Å². The number of rotatable bonds is 0. The van der Waals surface area contributed by atoms with Crippen molar-refractivity contribution in [2.45, 2.75) is 6.42 Å². The molecule has 1 heterocycles. The van der Waals surface area contributed by atoms with Gasteiger partial charge in [-0.3, -0.25) is 4.79 Å². The molecule has 0 aliphatic carbocycles. The monoisotopic (exact) mass is 84.0 g/mol.